The molecule has 0 amide bonds. The van der Waals surface area contributed by atoms with Gasteiger partial charge in [0.2, 0.25) is 0 Å². The number of esters is 1. The van der Waals surface area contributed by atoms with Gasteiger partial charge in [-0.25, -0.2) is 4.79 Å². The highest BCUT2D eigenvalue weighted by Crippen LogP contribution is 2.21. The second kappa shape index (κ2) is 8.15. The van der Waals surface area contributed by atoms with Crippen molar-refractivity contribution in [1.82, 2.24) is 4.90 Å². The molecular weight excluding hydrogens is 266 g/mol. The number of piperidine rings is 1. The summed E-state index contributed by atoms with van der Waals surface area (Å²) < 4.78 is 11.1. The normalized spacial score (nSPS) is 23.0. The summed E-state index contributed by atoms with van der Waals surface area (Å²) in [5, 5.41) is 0. The third kappa shape index (κ3) is 4.83. The number of carbonyl (C=O) groups excluding carboxylic acids is 1. The SMILES string of the molecule is CCOCCN1CC[C@H](OC(=O)c2ccccc2)[C@@H](C)C1. The monoisotopic (exact) mass is 291 g/mol. The van der Waals surface area contributed by atoms with Gasteiger partial charge in [-0.1, -0.05) is 25.1 Å². The average molecular weight is 291 g/mol. The van der Waals surface area contributed by atoms with E-state index in [1.54, 1.807) is 12.1 Å². The summed E-state index contributed by atoms with van der Waals surface area (Å²) >= 11 is 0. The third-order valence-corrected chi connectivity index (χ3v) is 3.93. The van der Waals surface area contributed by atoms with Crippen molar-refractivity contribution in [3.05, 3.63) is 35.9 Å². The van der Waals surface area contributed by atoms with E-state index in [0.29, 0.717) is 11.5 Å². The van der Waals surface area contributed by atoms with Gasteiger partial charge in [-0.3, -0.25) is 0 Å². The highest BCUT2D eigenvalue weighted by molar-refractivity contribution is 5.89. The smallest absolute Gasteiger partial charge is 0.338 e. The van der Waals surface area contributed by atoms with E-state index in [1.165, 1.54) is 0 Å². The van der Waals surface area contributed by atoms with Crippen molar-refractivity contribution in [1.29, 1.82) is 0 Å². The van der Waals surface area contributed by atoms with Gasteiger partial charge in [0.15, 0.2) is 0 Å². The van der Waals surface area contributed by atoms with E-state index in [4.69, 9.17) is 9.47 Å². The zero-order valence-corrected chi connectivity index (χ0v) is 13.0. The molecule has 0 aromatic heterocycles. The molecule has 0 aliphatic carbocycles. The summed E-state index contributed by atoms with van der Waals surface area (Å²) in [5.74, 6) is 0.142. The van der Waals surface area contributed by atoms with Crippen molar-refractivity contribution in [3.8, 4) is 0 Å². The first-order valence-electron chi connectivity index (χ1n) is 7.76. The Morgan fingerprint density at radius 2 is 2.10 bits per heavy atom. The first-order valence-corrected chi connectivity index (χ1v) is 7.76. The molecule has 4 heteroatoms. The van der Waals surface area contributed by atoms with Crippen LogP contribution in [0.2, 0.25) is 0 Å². The molecule has 0 radical (unpaired) electrons. The molecule has 2 rings (SSSR count). The van der Waals surface area contributed by atoms with Gasteiger partial charge in [0.05, 0.1) is 12.2 Å². The van der Waals surface area contributed by atoms with Gasteiger partial charge in [0.1, 0.15) is 6.10 Å². The predicted octanol–water partition coefficient (Wildman–Crippen LogP) is 2.59. The van der Waals surface area contributed by atoms with Crippen LogP contribution in [0.15, 0.2) is 30.3 Å². The highest BCUT2D eigenvalue weighted by Gasteiger charge is 2.28. The zero-order chi connectivity index (χ0) is 15.1. The number of benzene rings is 1. The summed E-state index contributed by atoms with van der Waals surface area (Å²) in [4.78, 5) is 14.5. The minimum Gasteiger partial charge on any atom is -0.458 e. The van der Waals surface area contributed by atoms with Gasteiger partial charge in [0.25, 0.3) is 0 Å². The molecule has 2 atom stereocenters. The second-order valence-electron chi connectivity index (χ2n) is 5.57. The largest absolute Gasteiger partial charge is 0.458 e. The fourth-order valence-corrected chi connectivity index (χ4v) is 2.71. The lowest BCUT2D eigenvalue weighted by atomic mass is 9.96. The summed E-state index contributed by atoms with van der Waals surface area (Å²) in [7, 11) is 0. The van der Waals surface area contributed by atoms with Crippen molar-refractivity contribution in [2.24, 2.45) is 5.92 Å². The first-order chi connectivity index (χ1) is 10.2. The molecule has 116 valence electrons. The molecule has 21 heavy (non-hydrogen) atoms. The van der Waals surface area contributed by atoms with Gasteiger partial charge >= 0.3 is 5.97 Å². The number of ether oxygens (including phenoxy) is 2. The van der Waals surface area contributed by atoms with Crippen molar-refractivity contribution in [2.45, 2.75) is 26.4 Å². The van der Waals surface area contributed by atoms with E-state index in [2.05, 4.69) is 11.8 Å². The summed E-state index contributed by atoms with van der Waals surface area (Å²) in [6.45, 7) is 8.58. The van der Waals surface area contributed by atoms with Crippen LogP contribution < -0.4 is 0 Å². The Bertz CT molecular complexity index is 435. The maximum atomic E-state index is 12.1. The number of hydrogen-bond acceptors (Lipinski definition) is 4. The number of rotatable bonds is 6. The van der Waals surface area contributed by atoms with Crippen LogP contribution in [-0.4, -0.2) is 49.8 Å². The quantitative estimate of drug-likeness (QED) is 0.596. The standard InChI is InChI=1S/C17H25NO3/c1-3-20-12-11-18-10-9-16(14(2)13-18)21-17(19)15-7-5-4-6-8-15/h4-8,14,16H,3,9-13H2,1-2H3/t14-,16-/m0/s1. The molecule has 1 aliphatic rings. The molecule has 1 aromatic rings. The molecule has 0 N–H and O–H groups in total. The molecule has 0 bridgehead atoms. The lowest BCUT2D eigenvalue weighted by Crippen LogP contribution is -2.44. The Morgan fingerprint density at radius 3 is 2.76 bits per heavy atom. The van der Waals surface area contributed by atoms with Crippen LogP contribution in [0.5, 0.6) is 0 Å². The van der Waals surface area contributed by atoms with Crippen LogP contribution >= 0.6 is 0 Å². The summed E-state index contributed by atoms with van der Waals surface area (Å²) in [6, 6.07) is 9.21. The first kappa shape index (κ1) is 16.0. The van der Waals surface area contributed by atoms with E-state index in [9.17, 15) is 4.79 Å². The van der Waals surface area contributed by atoms with Gasteiger partial charge < -0.3 is 14.4 Å². The zero-order valence-electron chi connectivity index (χ0n) is 13.0. The lowest BCUT2D eigenvalue weighted by molar-refractivity contribution is -0.0148. The molecule has 1 heterocycles. The van der Waals surface area contributed by atoms with Gasteiger partial charge in [0, 0.05) is 32.2 Å². The molecule has 1 saturated heterocycles. The summed E-state index contributed by atoms with van der Waals surface area (Å²) in [6.07, 6.45) is 0.910. The molecular formula is C17H25NO3. The van der Waals surface area contributed by atoms with Crippen LogP contribution in [0, 0.1) is 5.92 Å². The molecule has 1 aromatic carbocycles. The van der Waals surface area contributed by atoms with Crippen molar-refractivity contribution < 1.29 is 14.3 Å². The van der Waals surface area contributed by atoms with E-state index in [1.807, 2.05) is 25.1 Å². The van der Waals surface area contributed by atoms with Crippen molar-refractivity contribution >= 4 is 5.97 Å². The van der Waals surface area contributed by atoms with Crippen molar-refractivity contribution in [3.63, 3.8) is 0 Å². The Balaban J connectivity index is 1.79. The molecule has 0 spiro atoms. The van der Waals surface area contributed by atoms with Crippen LogP contribution in [0.1, 0.15) is 30.6 Å². The second-order valence-corrected chi connectivity index (χ2v) is 5.57. The fourth-order valence-electron chi connectivity index (χ4n) is 2.71. The average Bonchev–Trinajstić information content (AvgIpc) is 2.51. The minimum absolute atomic E-state index is 0.0149. The predicted molar refractivity (Wildman–Crippen MR) is 82.4 cm³/mol. The number of nitrogens with zero attached hydrogens (tertiary/aromatic N) is 1. The molecule has 1 aliphatic heterocycles. The van der Waals surface area contributed by atoms with E-state index >= 15 is 0 Å². The highest BCUT2D eigenvalue weighted by atomic mass is 16.5. The molecule has 0 saturated carbocycles. The van der Waals surface area contributed by atoms with Crippen LogP contribution in [-0.2, 0) is 9.47 Å². The number of carbonyl (C=O) groups is 1. The maximum absolute atomic E-state index is 12.1. The van der Waals surface area contributed by atoms with Crippen molar-refractivity contribution in [2.75, 3.05) is 32.8 Å². The van der Waals surface area contributed by atoms with Crippen LogP contribution in [0.3, 0.4) is 0 Å². The molecule has 4 nitrogen and oxygen atoms in total. The Hall–Kier alpha value is -1.39. The van der Waals surface area contributed by atoms with E-state index in [-0.39, 0.29) is 12.1 Å². The van der Waals surface area contributed by atoms with Gasteiger partial charge in [-0.05, 0) is 25.5 Å². The lowest BCUT2D eigenvalue weighted by Gasteiger charge is -2.36. The summed E-state index contributed by atoms with van der Waals surface area (Å²) in [5.41, 5.74) is 0.628. The minimum atomic E-state index is -0.213. The van der Waals surface area contributed by atoms with E-state index < -0.39 is 0 Å². The Labute approximate surface area is 127 Å². The third-order valence-electron chi connectivity index (χ3n) is 3.93. The number of likely N-dealkylation sites (tertiary alicyclic amines) is 1. The Morgan fingerprint density at radius 1 is 1.33 bits per heavy atom. The van der Waals surface area contributed by atoms with Gasteiger partial charge in [-0.2, -0.15) is 0 Å². The van der Waals surface area contributed by atoms with E-state index in [0.717, 1.165) is 39.3 Å². The molecule has 0 unspecified atom stereocenters. The van der Waals surface area contributed by atoms with Crippen LogP contribution in [0.4, 0.5) is 0 Å². The fraction of sp³-hybridized carbons (Fsp3) is 0.588. The van der Waals surface area contributed by atoms with Crippen LogP contribution in [0.25, 0.3) is 0 Å². The van der Waals surface area contributed by atoms with Gasteiger partial charge in [-0.15, -0.1) is 0 Å². The topological polar surface area (TPSA) is 38.8 Å². The molecule has 1 fully saturated rings. The number of hydrogen-bond donors (Lipinski definition) is 0. The Kier molecular flexibility index (Phi) is 6.21. The maximum Gasteiger partial charge on any atom is 0.338 e.